The van der Waals surface area contributed by atoms with Crippen molar-refractivity contribution in [2.24, 2.45) is 0 Å². The molecule has 0 bridgehead atoms. The van der Waals surface area contributed by atoms with Gasteiger partial charge in [0.1, 0.15) is 16.4 Å². The van der Waals surface area contributed by atoms with Crippen molar-refractivity contribution in [2.45, 2.75) is 11.8 Å². The molecule has 6 heteroatoms. The first-order valence-electron chi connectivity index (χ1n) is 5.89. The van der Waals surface area contributed by atoms with Crippen LogP contribution in [-0.4, -0.2) is 27.1 Å². The number of rotatable bonds is 5. The molecule has 0 N–H and O–H groups in total. The van der Waals surface area contributed by atoms with Gasteiger partial charge in [0.2, 0.25) is 0 Å². The minimum Gasteiger partial charge on any atom is -0.495 e. The fourth-order valence-corrected chi connectivity index (χ4v) is 4.08. The van der Waals surface area contributed by atoms with Gasteiger partial charge in [0.25, 0.3) is 0 Å². The molecule has 1 aromatic heterocycles. The molecular weight excluding hydrogens is 296 g/mol. The Kier molecular flexibility index (Phi) is 4.25. The molecule has 0 atom stereocenters. The molecule has 1 aromatic carbocycles. The highest BCUT2D eigenvalue weighted by molar-refractivity contribution is 7.92. The second kappa shape index (κ2) is 5.76. The van der Waals surface area contributed by atoms with E-state index in [1.807, 2.05) is 6.92 Å². The lowest BCUT2D eigenvalue weighted by molar-refractivity contribution is 0.102. The van der Waals surface area contributed by atoms with Gasteiger partial charge in [-0.15, -0.1) is 11.3 Å². The largest absolute Gasteiger partial charge is 0.495 e. The Balaban J connectivity index is 2.30. The summed E-state index contributed by atoms with van der Waals surface area (Å²) in [5, 5.41) is 0. The van der Waals surface area contributed by atoms with Gasteiger partial charge in [-0.25, -0.2) is 8.42 Å². The maximum absolute atomic E-state index is 12.3. The zero-order valence-corrected chi connectivity index (χ0v) is 12.8. The average Bonchev–Trinajstić information content (AvgIpc) is 2.85. The number of ketones is 1. The topological polar surface area (TPSA) is 60.4 Å². The summed E-state index contributed by atoms with van der Waals surface area (Å²) in [6.45, 7) is 1.87. The van der Waals surface area contributed by atoms with Crippen molar-refractivity contribution in [1.82, 2.24) is 0 Å². The monoisotopic (exact) mass is 310 g/mol. The number of para-hydroxylation sites is 1. The molecule has 0 radical (unpaired) electrons. The summed E-state index contributed by atoms with van der Waals surface area (Å²) in [5.41, 5.74) is 0. The van der Waals surface area contributed by atoms with Crippen molar-refractivity contribution >= 4 is 27.0 Å². The van der Waals surface area contributed by atoms with Crippen LogP contribution >= 0.6 is 11.3 Å². The van der Waals surface area contributed by atoms with Crippen LogP contribution in [0.15, 0.2) is 41.3 Å². The van der Waals surface area contributed by atoms with Crippen molar-refractivity contribution < 1.29 is 17.9 Å². The van der Waals surface area contributed by atoms with Crippen molar-refractivity contribution in [3.63, 3.8) is 0 Å². The van der Waals surface area contributed by atoms with Crippen molar-refractivity contribution in [3.8, 4) is 5.75 Å². The molecule has 0 fully saturated rings. The molecule has 0 aliphatic rings. The van der Waals surface area contributed by atoms with Crippen LogP contribution in [0.4, 0.5) is 0 Å². The van der Waals surface area contributed by atoms with E-state index < -0.39 is 21.4 Å². The number of thiophene rings is 1. The smallest absolute Gasteiger partial charge is 0.189 e. The number of carbonyl (C=O) groups is 1. The predicted octanol–water partition coefficient (Wildman–Crippen LogP) is 2.72. The third-order valence-electron chi connectivity index (χ3n) is 2.74. The second-order valence-corrected chi connectivity index (χ2v) is 7.49. The Morgan fingerprint density at radius 3 is 2.50 bits per heavy atom. The molecule has 0 amide bonds. The van der Waals surface area contributed by atoms with Crippen molar-refractivity contribution in [1.29, 1.82) is 0 Å². The Morgan fingerprint density at radius 1 is 1.20 bits per heavy atom. The van der Waals surface area contributed by atoms with Gasteiger partial charge in [0.15, 0.2) is 15.6 Å². The molecular formula is C14H14O4S2. The van der Waals surface area contributed by atoms with Crippen molar-refractivity contribution in [3.05, 3.63) is 46.2 Å². The number of Topliss-reactive ketones (excluding diaryl/α,β-unsaturated/α-hetero) is 1. The lowest BCUT2D eigenvalue weighted by Crippen LogP contribution is -2.16. The van der Waals surface area contributed by atoms with E-state index >= 15 is 0 Å². The minimum atomic E-state index is -3.71. The minimum absolute atomic E-state index is 0.0455. The summed E-state index contributed by atoms with van der Waals surface area (Å²) in [6.07, 6.45) is 0. The van der Waals surface area contributed by atoms with Gasteiger partial charge in [-0.1, -0.05) is 12.1 Å². The molecule has 0 saturated heterocycles. The van der Waals surface area contributed by atoms with Gasteiger partial charge < -0.3 is 4.74 Å². The highest BCUT2D eigenvalue weighted by Crippen LogP contribution is 2.25. The maximum Gasteiger partial charge on any atom is 0.189 e. The lowest BCUT2D eigenvalue weighted by Gasteiger charge is -2.08. The van der Waals surface area contributed by atoms with E-state index in [1.54, 1.807) is 30.3 Å². The SMILES string of the molecule is COc1ccccc1S(=O)(=O)CC(=O)c1ccc(C)s1. The third kappa shape index (κ3) is 3.08. The van der Waals surface area contributed by atoms with E-state index in [2.05, 4.69) is 0 Å². The van der Waals surface area contributed by atoms with E-state index in [-0.39, 0.29) is 10.6 Å². The first-order chi connectivity index (χ1) is 9.44. The fraction of sp³-hybridized carbons (Fsp3) is 0.214. The molecule has 2 aromatic rings. The highest BCUT2D eigenvalue weighted by Gasteiger charge is 2.24. The van der Waals surface area contributed by atoms with Gasteiger partial charge in [0.05, 0.1) is 12.0 Å². The summed E-state index contributed by atoms with van der Waals surface area (Å²) in [4.78, 5) is 13.5. The summed E-state index contributed by atoms with van der Waals surface area (Å²) in [7, 11) is -2.31. The van der Waals surface area contributed by atoms with Gasteiger partial charge in [-0.05, 0) is 31.2 Å². The Hall–Kier alpha value is -1.66. The molecule has 4 nitrogen and oxygen atoms in total. The summed E-state index contributed by atoms with van der Waals surface area (Å²) >= 11 is 1.30. The van der Waals surface area contributed by atoms with Gasteiger partial charge in [-0.2, -0.15) is 0 Å². The number of methoxy groups -OCH3 is 1. The molecule has 0 aliphatic carbocycles. The van der Waals surface area contributed by atoms with E-state index in [1.165, 1.54) is 24.5 Å². The van der Waals surface area contributed by atoms with E-state index in [9.17, 15) is 13.2 Å². The molecule has 0 spiro atoms. The molecule has 106 valence electrons. The second-order valence-electron chi connectivity index (χ2n) is 4.24. The van der Waals surface area contributed by atoms with Crippen LogP contribution in [0.1, 0.15) is 14.5 Å². The maximum atomic E-state index is 12.3. The van der Waals surface area contributed by atoms with Crippen LogP contribution in [0, 0.1) is 6.92 Å². The van der Waals surface area contributed by atoms with Gasteiger partial charge in [0, 0.05) is 4.88 Å². The molecule has 0 unspecified atom stereocenters. The number of benzene rings is 1. The van der Waals surface area contributed by atoms with Crippen LogP contribution in [-0.2, 0) is 9.84 Å². The summed E-state index contributed by atoms with van der Waals surface area (Å²) in [6, 6.07) is 9.75. The Morgan fingerprint density at radius 2 is 1.90 bits per heavy atom. The first kappa shape index (κ1) is 14.7. The summed E-state index contributed by atoms with van der Waals surface area (Å²) in [5.74, 6) is -0.690. The number of aryl methyl sites for hydroxylation is 1. The van der Waals surface area contributed by atoms with Crippen LogP contribution in [0.5, 0.6) is 5.75 Å². The van der Waals surface area contributed by atoms with Crippen LogP contribution in [0.3, 0.4) is 0 Å². The third-order valence-corrected chi connectivity index (χ3v) is 5.43. The standard InChI is InChI=1S/C14H14O4S2/c1-10-7-8-13(19-10)11(15)9-20(16,17)14-6-4-3-5-12(14)18-2/h3-8H,9H2,1-2H3. The number of ether oxygens (including phenoxy) is 1. The van der Waals surface area contributed by atoms with E-state index in [0.717, 1.165) is 4.88 Å². The molecule has 20 heavy (non-hydrogen) atoms. The molecule has 2 rings (SSSR count). The summed E-state index contributed by atoms with van der Waals surface area (Å²) < 4.78 is 29.6. The predicted molar refractivity (Wildman–Crippen MR) is 78.4 cm³/mol. The number of sulfone groups is 1. The van der Waals surface area contributed by atoms with Gasteiger partial charge >= 0.3 is 0 Å². The normalized spacial score (nSPS) is 11.3. The van der Waals surface area contributed by atoms with Crippen molar-refractivity contribution in [2.75, 3.05) is 12.9 Å². The number of hydrogen-bond donors (Lipinski definition) is 0. The zero-order valence-electron chi connectivity index (χ0n) is 11.1. The van der Waals surface area contributed by atoms with E-state index in [4.69, 9.17) is 4.74 Å². The average molecular weight is 310 g/mol. The first-order valence-corrected chi connectivity index (χ1v) is 8.36. The van der Waals surface area contributed by atoms with Crippen LogP contribution in [0.25, 0.3) is 0 Å². The fourth-order valence-electron chi connectivity index (χ4n) is 1.78. The highest BCUT2D eigenvalue weighted by atomic mass is 32.2. The Bertz CT molecular complexity index is 729. The number of hydrogen-bond acceptors (Lipinski definition) is 5. The lowest BCUT2D eigenvalue weighted by atomic mass is 10.3. The van der Waals surface area contributed by atoms with Gasteiger partial charge in [-0.3, -0.25) is 4.79 Å². The quantitative estimate of drug-likeness (QED) is 0.797. The molecule has 0 saturated carbocycles. The molecule has 1 heterocycles. The molecule has 0 aliphatic heterocycles. The number of carbonyl (C=O) groups excluding carboxylic acids is 1. The van der Waals surface area contributed by atoms with Crippen LogP contribution in [0.2, 0.25) is 0 Å². The zero-order chi connectivity index (χ0) is 14.8. The van der Waals surface area contributed by atoms with Crippen LogP contribution < -0.4 is 4.74 Å². The van der Waals surface area contributed by atoms with E-state index in [0.29, 0.717) is 4.88 Å². The Labute approximate surface area is 121 Å².